The van der Waals surface area contributed by atoms with Gasteiger partial charge >= 0.3 is 0 Å². The zero-order chi connectivity index (χ0) is 12.0. The van der Waals surface area contributed by atoms with Gasteiger partial charge in [-0.05, 0) is 43.1 Å². The fraction of sp³-hybridized carbons (Fsp3) is 0.429. The first-order chi connectivity index (χ1) is 7.69. The Kier molecular flexibility index (Phi) is 5.38. The van der Waals surface area contributed by atoms with Crippen molar-refractivity contribution in [1.29, 1.82) is 0 Å². The van der Waals surface area contributed by atoms with Gasteiger partial charge in [0, 0.05) is 17.5 Å². The third kappa shape index (κ3) is 3.56. The van der Waals surface area contributed by atoms with E-state index < -0.39 is 0 Å². The number of nitrogens with one attached hydrogen (secondary N) is 1. The van der Waals surface area contributed by atoms with Gasteiger partial charge in [0.2, 0.25) is 0 Å². The van der Waals surface area contributed by atoms with Crippen LogP contribution in [0.15, 0.2) is 18.2 Å². The van der Waals surface area contributed by atoms with Crippen molar-refractivity contribution in [2.24, 2.45) is 0 Å². The molecule has 0 aliphatic carbocycles. The summed E-state index contributed by atoms with van der Waals surface area (Å²) in [5, 5.41) is 4.22. The molecule has 0 aromatic heterocycles. The first kappa shape index (κ1) is 13.1. The quantitative estimate of drug-likeness (QED) is 0.768. The van der Waals surface area contributed by atoms with E-state index in [1.54, 1.807) is 0 Å². The van der Waals surface area contributed by atoms with Gasteiger partial charge in [-0.1, -0.05) is 24.6 Å². The number of benzene rings is 1. The Morgan fingerprint density at radius 2 is 2.25 bits per heavy atom. The zero-order valence-corrected chi connectivity index (χ0v) is 10.6. The number of rotatable bonds is 5. The lowest BCUT2D eigenvalue weighted by molar-refractivity contribution is 0.540. The van der Waals surface area contributed by atoms with Crippen LogP contribution in [-0.2, 0) is 0 Å². The molecule has 0 fully saturated rings. The molecule has 1 rings (SSSR count). The molecule has 0 saturated carbocycles. The van der Waals surface area contributed by atoms with Crippen LogP contribution in [-0.4, -0.2) is 6.54 Å². The Bertz CT molecular complexity index is 379. The molecule has 86 valence electrons. The van der Waals surface area contributed by atoms with Gasteiger partial charge in [0.1, 0.15) is 0 Å². The molecule has 0 heterocycles. The van der Waals surface area contributed by atoms with Crippen LogP contribution in [0.3, 0.4) is 0 Å². The van der Waals surface area contributed by atoms with Crippen molar-refractivity contribution >= 4 is 11.6 Å². The first-order valence-electron chi connectivity index (χ1n) is 5.62. The molecule has 1 aromatic carbocycles. The number of hydrogen-bond acceptors (Lipinski definition) is 1. The summed E-state index contributed by atoms with van der Waals surface area (Å²) in [7, 11) is 0. The van der Waals surface area contributed by atoms with Crippen LogP contribution in [0.1, 0.15) is 36.9 Å². The molecule has 0 spiro atoms. The van der Waals surface area contributed by atoms with Crippen molar-refractivity contribution in [1.82, 2.24) is 5.32 Å². The lowest BCUT2D eigenvalue weighted by Crippen LogP contribution is -2.22. The van der Waals surface area contributed by atoms with Crippen LogP contribution in [0, 0.1) is 19.3 Å². The average Bonchev–Trinajstić information content (AvgIpc) is 2.28. The van der Waals surface area contributed by atoms with Gasteiger partial charge < -0.3 is 5.32 Å². The van der Waals surface area contributed by atoms with Crippen molar-refractivity contribution in [2.45, 2.75) is 32.7 Å². The average molecular weight is 236 g/mol. The maximum Gasteiger partial charge on any atom is 0.0433 e. The highest BCUT2D eigenvalue weighted by Crippen LogP contribution is 2.24. The summed E-state index contributed by atoms with van der Waals surface area (Å²) in [6.45, 7) is 5.20. The van der Waals surface area contributed by atoms with E-state index in [4.69, 9.17) is 18.0 Å². The summed E-state index contributed by atoms with van der Waals surface area (Å²) < 4.78 is 0. The summed E-state index contributed by atoms with van der Waals surface area (Å²) in [5.74, 6) is 2.72. The zero-order valence-electron chi connectivity index (χ0n) is 9.89. The van der Waals surface area contributed by atoms with E-state index in [1.165, 1.54) is 11.1 Å². The van der Waals surface area contributed by atoms with Crippen LogP contribution in [0.2, 0.25) is 5.02 Å². The van der Waals surface area contributed by atoms with Crippen LogP contribution in [0.25, 0.3) is 0 Å². The molecule has 1 aromatic rings. The molecule has 0 bridgehead atoms. The third-order valence-corrected chi connectivity index (χ3v) is 2.81. The lowest BCUT2D eigenvalue weighted by Gasteiger charge is -2.19. The standard InChI is InChI=1S/C14H18ClN/c1-4-6-14(16-9-5-2)13-10-12(15)8-7-11(13)3/h1,7-8,10,14,16H,5-6,9H2,2-3H3. The van der Waals surface area contributed by atoms with Gasteiger partial charge in [-0.25, -0.2) is 0 Å². The number of terminal acetylenes is 1. The Morgan fingerprint density at radius 3 is 2.88 bits per heavy atom. The minimum Gasteiger partial charge on any atom is -0.309 e. The third-order valence-electron chi connectivity index (χ3n) is 2.58. The van der Waals surface area contributed by atoms with Crippen molar-refractivity contribution in [3.8, 4) is 12.3 Å². The minimum atomic E-state index is 0.212. The maximum absolute atomic E-state index is 6.02. The van der Waals surface area contributed by atoms with E-state index in [0.717, 1.165) is 18.0 Å². The molecule has 1 unspecified atom stereocenters. The van der Waals surface area contributed by atoms with Crippen molar-refractivity contribution in [3.05, 3.63) is 34.3 Å². The Balaban J connectivity index is 2.91. The highest BCUT2D eigenvalue weighted by molar-refractivity contribution is 6.30. The molecule has 1 N–H and O–H groups in total. The predicted molar refractivity (Wildman–Crippen MR) is 70.7 cm³/mol. The highest BCUT2D eigenvalue weighted by atomic mass is 35.5. The van der Waals surface area contributed by atoms with Gasteiger partial charge in [0.25, 0.3) is 0 Å². The molecule has 0 radical (unpaired) electrons. The molecular weight excluding hydrogens is 218 g/mol. The molecule has 0 saturated heterocycles. The molecule has 0 aliphatic rings. The fourth-order valence-electron chi connectivity index (χ4n) is 1.72. The van der Waals surface area contributed by atoms with Gasteiger partial charge in [-0.2, -0.15) is 0 Å². The fourth-order valence-corrected chi connectivity index (χ4v) is 1.90. The lowest BCUT2D eigenvalue weighted by atomic mass is 9.99. The number of aryl methyl sites for hydroxylation is 1. The van der Waals surface area contributed by atoms with Crippen LogP contribution < -0.4 is 5.32 Å². The normalized spacial score (nSPS) is 12.1. The molecule has 16 heavy (non-hydrogen) atoms. The summed E-state index contributed by atoms with van der Waals surface area (Å²) in [5.41, 5.74) is 2.44. The summed E-state index contributed by atoms with van der Waals surface area (Å²) in [6.07, 6.45) is 7.20. The van der Waals surface area contributed by atoms with Crippen LogP contribution >= 0.6 is 11.6 Å². The molecular formula is C14H18ClN. The second kappa shape index (κ2) is 6.58. The summed E-state index contributed by atoms with van der Waals surface area (Å²) in [4.78, 5) is 0. The SMILES string of the molecule is C#CCC(NCCC)c1cc(Cl)ccc1C. The second-order valence-corrected chi connectivity index (χ2v) is 4.35. The number of hydrogen-bond donors (Lipinski definition) is 1. The van der Waals surface area contributed by atoms with E-state index in [0.29, 0.717) is 6.42 Å². The van der Waals surface area contributed by atoms with Gasteiger partial charge in [0.15, 0.2) is 0 Å². The maximum atomic E-state index is 6.02. The van der Waals surface area contributed by atoms with E-state index >= 15 is 0 Å². The molecule has 1 atom stereocenters. The van der Waals surface area contributed by atoms with Crippen LogP contribution in [0.4, 0.5) is 0 Å². The van der Waals surface area contributed by atoms with Gasteiger partial charge in [0.05, 0.1) is 0 Å². The first-order valence-corrected chi connectivity index (χ1v) is 5.99. The second-order valence-electron chi connectivity index (χ2n) is 3.92. The smallest absolute Gasteiger partial charge is 0.0433 e. The van der Waals surface area contributed by atoms with E-state index in [-0.39, 0.29) is 6.04 Å². The van der Waals surface area contributed by atoms with E-state index in [9.17, 15) is 0 Å². The van der Waals surface area contributed by atoms with Gasteiger partial charge in [-0.15, -0.1) is 12.3 Å². The molecule has 2 heteroatoms. The molecule has 0 amide bonds. The largest absolute Gasteiger partial charge is 0.309 e. The summed E-state index contributed by atoms with van der Waals surface area (Å²) in [6, 6.07) is 6.16. The number of halogens is 1. The predicted octanol–water partition coefficient (Wildman–Crippen LogP) is 3.71. The van der Waals surface area contributed by atoms with Crippen LogP contribution in [0.5, 0.6) is 0 Å². The van der Waals surface area contributed by atoms with Crippen molar-refractivity contribution in [3.63, 3.8) is 0 Å². The topological polar surface area (TPSA) is 12.0 Å². The van der Waals surface area contributed by atoms with E-state index in [2.05, 4.69) is 25.1 Å². The van der Waals surface area contributed by atoms with Crippen molar-refractivity contribution < 1.29 is 0 Å². The summed E-state index contributed by atoms with van der Waals surface area (Å²) >= 11 is 6.02. The Hall–Kier alpha value is -0.970. The van der Waals surface area contributed by atoms with Gasteiger partial charge in [-0.3, -0.25) is 0 Å². The highest BCUT2D eigenvalue weighted by Gasteiger charge is 2.12. The molecule has 1 nitrogen and oxygen atoms in total. The molecule has 0 aliphatic heterocycles. The Labute approximate surface area is 103 Å². The van der Waals surface area contributed by atoms with E-state index in [1.807, 2.05) is 18.2 Å². The Morgan fingerprint density at radius 1 is 1.50 bits per heavy atom. The van der Waals surface area contributed by atoms with Crippen molar-refractivity contribution in [2.75, 3.05) is 6.54 Å². The monoisotopic (exact) mass is 235 g/mol. The minimum absolute atomic E-state index is 0.212.